The van der Waals surface area contributed by atoms with Gasteiger partial charge in [0.15, 0.2) is 0 Å². The molecule has 1 aliphatic rings. The summed E-state index contributed by atoms with van der Waals surface area (Å²) in [5.74, 6) is 0.317. The molecule has 0 bridgehead atoms. The van der Waals surface area contributed by atoms with E-state index in [4.69, 9.17) is 0 Å². The van der Waals surface area contributed by atoms with Crippen molar-refractivity contribution in [3.05, 3.63) is 65.7 Å². The second-order valence-corrected chi connectivity index (χ2v) is 5.72. The lowest BCUT2D eigenvalue weighted by Gasteiger charge is -2.31. The van der Waals surface area contributed by atoms with Crippen molar-refractivity contribution in [1.82, 2.24) is 0 Å². The fraction of sp³-hybridized carbons (Fsp3) is 0.278. The Morgan fingerprint density at radius 1 is 1.00 bits per heavy atom. The Morgan fingerprint density at radius 3 is 2.30 bits per heavy atom. The van der Waals surface area contributed by atoms with Crippen molar-refractivity contribution in [2.75, 3.05) is 11.9 Å². The van der Waals surface area contributed by atoms with Crippen LogP contribution in [0.2, 0.25) is 0 Å². The van der Waals surface area contributed by atoms with Crippen molar-refractivity contribution in [3.8, 4) is 0 Å². The number of benzene rings is 2. The zero-order valence-electron chi connectivity index (χ0n) is 12.1. The van der Waals surface area contributed by atoms with Gasteiger partial charge in [-0.1, -0.05) is 55.5 Å². The van der Waals surface area contributed by atoms with E-state index in [0.29, 0.717) is 0 Å². The molecule has 2 heteroatoms. The lowest BCUT2D eigenvalue weighted by atomic mass is 9.70. The number of carbonyl (C=O) groups is 1. The first-order chi connectivity index (χ1) is 9.56. The van der Waals surface area contributed by atoms with Crippen molar-refractivity contribution in [2.24, 2.45) is 0 Å². The molecule has 1 aliphatic heterocycles. The van der Waals surface area contributed by atoms with Crippen LogP contribution in [-0.2, 0) is 10.2 Å². The summed E-state index contributed by atoms with van der Waals surface area (Å²) >= 11 is 0. The van der Waals surface area contributed by atoms with Crippen LogP contribution >= 0.6 is 0 Å². The number of hydrogen-bond acceptors (Lipinski definition) is 1. The van der Waals surface area contributed by atoms with Gasteiger partial charge in [-0.25, -0.2) is 0 Å². The van der Waals surface area contributed by atoms with Gasteiger partial charge in [0, 0.05) is 12.7 Å². The lowest BCUT2D eigenvalue weighted by molar-refractivity contribution is -0.123. The van der Waals surface area contributed by atoms with Gasteiger partial charge in [0.05, 0.1) is 5.41 Å². The maximum Gasteiger partial charge on any atom is 0.237 e. The van der Waals surface area contributed by atoms with Crippen molar-refractivity contribution in [2.45, 2.75) is 25.2 Å². The number of rotatable bonds is 2. The fourth-order valence-corrected chi connectivity index (χ4v) is 3.27. The molecule has 2 atom stereocenters. The number of amides is 1. The molecule has 0 fully saturated rings. The van der Waals surface area contributed by atoms with E-state index < -0.39 is 5.41 Å². The summed E-state index contributed by atoms with van der Waals surface area (Å²) < 4.78 is 0. The van der Waals surface area contributed by atoms with Gasteiger partial charge in [0.25, 0.3) is 0 Å². The molecule has 0 N–H and O–H groups in total. The third kappa shape index (κ3) is 1.61. The first kappa shape index (κ1) is 12.9. The third-order valence-electron chi connectivity index (χ3n) is 4.74. The highest BCUT2D eigenvalue weighted by atomic mass is 16.2. The van der Waals surface area contributed by atoms with Crippen molar-refractivity contribution >= 4 is 11.6 Å². The highest BCUT2D eigenvalue weighted by Crippen LogP contribution is 2.48. The maximum atomic E-state index is 12.8. The molecule has 102 valence electrons. The highest BCUT2D eigenvalue weighted by Gasteiger charge is 2.49. The summed E-state index contributed by atoms with van der Waals surface area (Å²) in [6, 6.07) is 18.4. The first-order valence-electron chi connectivity index (χ1n) is 6.99. The van der Waals surface area contributed by atoms with Crippen molar-refractivity contribution < 1.29 is 4.79 Å². The minimum Gasteiger partial charge on any atom is -0.314 e. The average molecular weight is 265 g/mol. The van der Waals surface area contributed by atoms with Crippen LogP contribution < -0.4 is 4.90 Å². The maximum absolute atomic E-state index is 12.8. The van der Waals surface area contributed by atoms with Gasteiger partial charge in [-0.05, 0) is 30.0 Å². The number of anilines is 1. The van der Waals surface area contributed by atoms with Crippen LogP contribution in [0.3, 0.4) is 0 Å². The second kappa shape index (κ2) is 4.48. The molecule has 0 aromatic heterocycles. The molecule has 3 rings (SSSR count). The van der Waals surface area contributed by atoms with Crippen LogP contribution in [0, 0.1) is 0 Å². The van der Waals surface area contributed by atoms with E-state index in [-0.39, 0.29) is 11.8 Å². The predicted molar refractivity (Wildman–Crippen MR) is 82.1 cm³/mol. The molecule has 1 amide bonds. The standard InChI is InChI=1S/C18H19NO/c1-13(14-9-5-4-6-10-14)18(2)15-11-7-8-12-16(15)19(3)17(18)20/h4-13H,1-3H3. The molecule has 0 saturated carbocycles. The van der Waals surface area contributed by atoms with Crippen LogP contribution in [0.4, 0.5) is 5.69 Å². The molecule has 20 heavy (non-hydrogen) atoms. The van der Waals surface area contributed by atoms with E-state index in [1.807, 2.05) is 43.4 Å². The molecule has 0 radical (unpaired) electrons. The minimum absolute atomic E-state index is 0.141. The SMILES string of the molecule is CC(c1ccccc1)C1(C)C(=O)N(C)c2ccccc21. The van der Waals surface area contributed by atoms with Crippen LogP contribution in [0.15, 0.2) is 54.6 Å². The highest BCUT2D eigenvalue weighted by molar-refractivity contribution is 6.08. The molecule has 2 unspecified atom stereocenters. The zero-order chi connectivity index (χ0) is 14.3. The summed E-state index contributed by atoms with van der Waals surface area (Å²) in [7, 11) is 1.87. The zero-order valence-corrected chi connectivity index (χ0v) is 12.1. The van der Waals surface area contributed by atoms with Gasteiger partial charge >= 0.3 is 0 Å². The van der Waals surface area contributed by atoms with Crippen molar-refractivity contribution in [1.29, 1.82) is 0 Å². The van der Waals surface area contributed by atoms with E-state index in [0.717, 1.165) is 11.3 Å². The van der Waals surface area contributed by atoms with E-state index in [1.165, 1.54) is 5.56 Å². The Morgan fingerprint density at radius 2 is 1.60 bits per heavy atom. The van der Waals surface area contributed by atoms with E-state index >= 15 is 0 Å². The summed E-state index contributed by atoms with van der Waals surface area (Å²) in [5.41, 5.74) is 2.87. The number of hydrogen-bond donors (Lipinski definition) is 0. The topological polar surface area (TPSA) is 20.3 Å². The number of nitrogens with zero attached hydrogens (tertiary/aromatic N) is 1. The number of likely N-dealkylation sites (N-methyl/N-ethyl adjacent to an activating group) is 1. The van der Waals surface area contributed by atoms with Crippen LogP contribution in [0.5, 0.6) is 0 Å². The van der Waals surface area contributed by atoms with Crippen molar-refractivity contribution in [3.63, 3.8) is 0 Å². The summed E-state index contributed by atoms with van der Waals surface area (Å²) in [6.45, 7) is 4.21. The molecule has 2 nitrogen and oxygen atoms in total. The minimum atomic E-state index is -0.493. The van der Waals surface area contributed by atoms with Gasteiger partial charge < -0.3 is 4.90 Å². The van der Waals surface area contributed by atoms with Crippen LogP contribution in [0.25, 0.3) is 0 Å². The molecular formula is C18H19NO. The van der Waals surface area contributed by atoms with Crippen LogP contribution in [0.1, 0.15) is 30.9 Å². The molecular weight excluding hydrogens is 246 g/mol. The first-order valence-corrected chi connectivity index (χ1v) is 6.99. The monoisotopic (exact) mass is 265 g/mol. The van der Waals surface area contributed by atoms with Gasteiger partial charge in [0.2, 0.25) is 5.91 Å². The molecule has 2 aromatic rings. The van der Waals surface area contributed by atoms with Gasteiger partial charge in [0.1, 0.15) is 0 Å². The summed E-state index contributed by atoms with van der Waals surface area (Å²) in [4.78, 5) is 14.6. The second-order valence-electron chi connectivity index (χ2n) is 5.72. The quantitative estimate of drug-likeness (QED) is 0.810. The van der Waals surface area contributed by atoms with E-state index in [9.17, 15) is 4.79 Å². The number of para-hydroxylation sites is 1. The lowest BCUT2D eigenvalue weighted by Crippen LogP contribution is -2.40. The van der Waals surface area contributed by atoms with Gasteiger partial charge in [-0.3, -0.25) is 4.79 Å². The van der Waals surface area contributed by atoms with E-state index in [1.54, 1.807) is 4.90 Å². The van der Waals surface area contributed by atoms with Gasteiger partial charge in [-0.2, -0.15) is 0 Å². The van der Waals surface area contributed by atoms with Gasteiger partial charge in [-0.15, -0.1) is 0 Å². The summed E-state index contributed by atoms with van der Waals surface area (Å²) in [6.07, 6.45) is 0. The molecule has 2 aromatic carbocycles. The summed E-state index contributed by atoms with van der Waals surface area (Å²) in [5, 5.41) is 0. The molecule has 0 saturated heterocycles. The molecule has 1 heterocycles. The Labute approximate surface area is 120 Å². The fourth-order valence-electron chi connectivity index (χ4n) is 3.27. The smallest absolute Gasteiger partial charge is 0.237 e. The average Bonchev–Trinajstić information content (AvgIpc) is 2.71. The normalized spacial score (nSPS) is 22.8. The molecule has 0 spiro atoms. The Bertz CT molecular complexity index is 649. The Balaban J connectivity index is 2.15. The Kier molecular flexibility index (Phi) is 2.89. The van der Waals surface area contributed by atoms with E-state index in [2.05, 4.69) is 32.0 Å². The van der Waals surface area contributed by atoms with Crippen LogP contribution in [-0.4, -0.2) is 13.0 Å². The molecule has 0 aliphatic carbocycles. The Hall–Kier alpha value is -2.09. The largest absolute Gasteiger partial charge is 0.314 e. The third-order valence-corrected chi connectivity index (χ3v) is 4.74. The number of carbonyl (C=O) groups excluding carboxylic acids is 1. The predicted octanol–water partition coefficient (Wildman–Crippen LogP) is 3.72. The number of fused-ring (bicyclic) bond motifs is 1.